The summed E-state index contributed by atoms with van der Waals surface area (Å²) in [6.07, 6.45) is 0. The number of ether oxygens (including phenoxy) is 1. The number of methoxy groups -OCH3 is 1. The molecule has 2 amide bonds. The van der Waals surface area contributed by atoms with E-state index in [4.69, 9.17) is 9.57 Å². The zero-order valence-electron chi connectivity index (χ0n) is 15.6. The first kappa shape index (κ1) is 20.0. The Bertz CT molecular complexity index is 816. The van der Waals surface area contributed by atoms with Crippen molar-refractivity contribution in [2.75, 3.05) is 19.0 Å². The predicted octanol–water partition coefficient (Wildman–Crippen LogP) is 2.71. The van der Waals surface area contributed by atoms with Crippen LogP contribution in [0.5, 0.6) is 5.75 Å². The number of hydrogen-bond donors (Lipinski definition) is 2. The lowest BCUT2D eigenvalue weighted by Crippen LogP contribution is -2.26. The van der Waals surface area contributed by atoms with Gasteiger partial charge in [-0.05, 0) is 42.3 Å². The van der Waals surface area contributed by atoms with E-state index in [1.54, 1.807) is 26.2 Å². The first-order chi connectivity index (χ1) is 13.0. The van der Waals surface area contributed by atoms with Gasteiger partial charge in [-0.25, -0.2) is 0 Å². The van der Waals surface area contributed by atoms with Crippen molar-refractivity contribution in [1.29, 1.82) is 0 Å². The van der Waals surface area contributed by atoms with Crippen LogP contribution in [-0.2, 0) is 21.0 Å². The molecular weight excluding hydrogens is 346 g/mol. The molecule has 7 heteroatoms. The third-order valence-electron chi connectivity index (χ3n) is 3.64. The Morgan fingerprint density at radius 1 is 1.07 bits per heavy atom. The monoisotopic (exact) mass is 369 g/mol. The number of carbonyl (C=O) groups excluding carboxylic acids is 2. The fourth-order valence-electron chi connectivity index (χ4n) is 2.27. The van der Waals surface area contributed by atoms with Gasteiger partial charge in [0.1, 0.15) is 5.75 Å². The average molecular weight is 369 g/mol. The van der Waals surface area contributed by atoms with E-state index >= 15 is 0 Å². The van der Waals surface area contributed by atoms with Crippen LogP contribution >= 0.6 is 0 Å². The lowest BCUT2D eigenvalue weighted by atomic mass is 10.1. The van der Waals surface area contributed by atoms with Gasteiger partial charge in [0, 0.05) is 19.2 Å². The van der Waals surface area contributed by atoms with Crippen molar-refractivity contribution in [2.45, 2.75) is 20.4 Å². The van der Waals surface area contributed by atoms with Crippen molar-refractivity contribution >= 4 is 23.2 Å². The molecule has 0 fully saturated rings. The van der Waals surface area contributed by atoms with Crippen molar-refractivity contribution in [3.8, 4) is 5.75 Å². The number of oxime groups is 1. The van der Waals surface area contributed by atoms with Crippen LogP contribution < -0.4 is 15.4 Å². The first-order valence-corrected chi connectivity index (χ1v) is 8.42. The van der Waals surface area contributed by atoms with Gasteiger partial charge in [-0.1, -0.05) is 29.4 Å². The van der Waals surface area contributed by atoms with E-state index in [0.717, 1.165) is 16.9 Å². The molecule has 0 aliphatic carbocycles. The van der Waals surface area contributed by atoms with Gasteiger partial charge >= 0.3 is 0 Å². The van der Waals surface area contributed by atoms with Crippen LogP contribution in [0, 0.1) is 0 Å². The number of rotatable bonds is 8. The highest BCUT2D eigenvalue weighted by atomic mass is 16.6. The van der Waals surface area contributed by atoms with Crippen molar-refractivity contribution in [3.05, 3.63) is 59.7 Å². The van der Waals surface area contributed by atoms with Gasteiger partial charge in [-0.15, -0.1) is 0 Å². The summed E-state index contributed by atoms with van der Waals surface area (Å²) >= 11 is 0. The number of amides is 2. The summed E-state index contributed by atoms with van der Waals surface area (Å²) in [4.78, 5) is 28.0. The Labute approximate surface area is 158 Å². The maximum Gasteiger partial charge on any atom is 0.261 e. The number of nitrogens with zero attached hydrogens (tertiary/aromatic N) is 1. The summed E-state index contributed by atoms with van der Waals surface area (Å²) in [6, 6.07) is 14.6. The molecule has 2 aromatic rings. The summed E-state index contributed by atoms with van der Waals surface area (Å²) in [5, 5.41) is 9.41. The molecule has 142 valence electrons. The topological polar surface area (TPSA) is 89.0 Å². The van der Waals surface area contributed by atoms with Gasteiger partial charge in [0.25, 0.3) is 5.91 Å². The quantitative estimate of drug-likeness (QED) is 0.553. The zero-order chi connectivity index (χ0) is 19.6. The average Bonchev–Trinajstić information content (AvgIpc) is 2.66. The molecule has 0 saturated carbocycles. The largest absolute Gasteiger partial charge is 0.497 e. The van der Waals surface area contributed by atoms with Crippen LogP contribution in [0.1, 0.15) is 25.0 Å². The molecule has 0 atom stereocenters. The Morgan fingerprint density at radius 3 is 2.48 bits per heavy atom. The minimum atomic E-state index is -0.268. The highest BCUT2D eigenvalue weighted by Gasteiger charge is 2.04. The van der Waals surface area contributed by atoms with E-state index in [0.29, 0.717) is 17.9 Å². The van der Waals surface area contributed by atoms with Crippen LogP contribution in [0.2, 0.25) is 0 Å². The summed E-state index contributed by atoms with van der Waals surface area (Å²) < 4.78 is 5.15. The molecule has 0 saturated heterocycles. The Balaban J connectivity index is 1.79. The van der Waals surface area contributed by atoms with Crippen molar-refractivity contribution in [3.63, 3.8) is 0 Å². The Morgan fingerprint density at radius 2 is 1.81 bits per heavy atom. The second-order valence-electron chi connectivity index (χ2n) is 5.84. The summed E-state index contributed by atoms with van der Waals surface area (Å²) in [5.41, 5.74) is 3.10. The molecule has 0 aromatic heterocycles. The fraction of sp³-hybridized carbons (Fsp3) is 0.250. The number of nitrogens with one attached hydrogen (secondary N) is 2. The van der Waals surface area contributed by atoms with E-state index in [2.05, 4.69) is 15.8 Å². The molecule has 0 radical (unpaired) electrons. The number of carbonyl (C=O) groups is 2. The normalized spacial score (nSPS) is 10.9. The Hall–Kier alpha value is -3.35. The lowest BCUT2D eigenvalue weighted by Gasteiger charge is -2.07. The molecule has 0 unspecified atom stereocenters. The molecule has 0 aliphatic heterocycles. The number of hydrogen-bond acceptors (Lipinski definition) is 5. The van der Waals surface area contributed by atoms with E-state index in [1.807, 2.05) is 36.4 Å². The second-order valence-corrected chi connectivity index (χ2v) is 5.84. The summed E-state index contributed by atoms with van der Waals surface area (Å²) in [7, 11) is 1.60. The van der Waals surface area contributed by atoms with Crippen molar-refractivity contribution < 1.29 is 19.2 Å². The third-order valence-corrected chi connectivity index (χ3v) is 3.64. The molecule has 0 heterocycles. The molecule has 27 heavy (non-hydrogen) atoms. The van der Waals surface area contributed by atoms with Gasteiger partial charge in [0.2, 0.25) is 5.91 Å². The Kier molecular flexibility index (Phi) is 7.37. The van der Waals surface area contributed by atoms with E-state index in [1.165, 1.54) is 6.92 Å². The number of anilines is 1. The molecule has 2 aromatic carbocycles. The highest BCUT2D eigenvalue weighted by Crippen LogP contribution is 2.12. The molecular formula is C20H23N3O4. The van der Waals surface area contributed by atoms with E-state index < -0.39 is 0 Å². The van der Waals surface area contributed by atoms with E-state index in [9.17, 15) is 9.59 Å². The second kappa shape index (κ2) is 9.96. The molecule has 2 N–H and O–H groups in total. The van der Waals surface area contributed by atoms with Crippen LogP contribution in [-0.4, -0.2) is 31.2 Å². The summed E-state index contributed by atoms with van der Waals surface area (Å²) in [5.74, 6) is 0.342. The molecule has 0 bridgehead atoms. The van der Waals surface area contributed by atoms with Crippen molar-refractivity contribution in [1.82, 2.24) is 5.32 Å². The van der Waals surface area contributed by atoms with Gasteiger partial charge in [-0.3, -0.25) is 9.59 Å². The smallest absolute Gasteiger partial charge is 0.261 e. The van der Waals surface area contributed by atoms with Gasteiger partial charge in [0.15, 0.2) is 6.61 Å². The maximum atomic E-state index is 11.9. The molecule has 0 aliphatic rings. The standard InChI is InChI=1S/C20H23N3O4/c1-14(17-7-9-18(10-8-17)22-15(2)24)23-27-13-20(25)21-12-16-5-4-6-19(11-16)26-3/h4-11H,12-13H2,1-3H3,(H,21,25)(H,22,24)/b23-14+. The maximum absolute atomic E-state index is 11.9. The van der Waals surface area contributed by atoms with E-state index in [-0.39, 0.29) is 18.4 Å². The zero-order valence-corrected chi connectivity index (χ0v) is 15.6. The van der Waals surface area contributed by atoms with Gasteiger partial charge < -0.3 is 20.2 Å². The minimum Gasteiger partial charge on any atom is -0.497 e. The molecule has 7 nitrogen and oxygen atoms in total. The van der Waals surface area contributed by atoms with Crippen LogP contribution in [0.3, 0.4) is 0 Å². The SMILES string of the molecule is COc1cccc(CNC(=O)CO/N=C(\C)c2ccc(NC(C)=O)cc2)c1. The minimum absolute atomic E-state index is 0.128. The fourth-order valence-corrected chi connectivity index (χ4v) is 2.27. The highest BCUT2D eigenvalue weighted by molar-refractivity contribution is 5.99. The van der Waals surface area contributed by atoms with Gasteiger partial charge in [0.05, 0.1) is 12.8 Å². The molecule has 0 spiro atoms. The molecule has 2 rings (SSSR count). The summed E-state index contributed by atoms with van der Waals surface area (Å²) in [6.45, 7) is 3.44. The first-order valence-electron chi connectivity index (χ1n) is 8.42. The predicted molar refractivity (Wildman–Crippen MR) is 104 cm³/mol. The lowest BCUT2D eigenvalue weighted by molar-refractivity contribution is -0.125. The van der Waals surface area contributed by atoms with Crippen LogP contribution in [0.15, 0.2) is 53.7 Å². The number of benzene rings is 2. The third kappa shape index (κ3) is 6.81. The van der Waals surface area contributed by atoms with Gasteiger partial charge in [-0.2, -0.15) is 0 Å². The van der Waals surface area contributed by atoms with Crippen LogP contribution in [0.25, 0.3) is 0 Å². The van der Waals surface area contributed by atoms with Crippen molar-refractivity contribution in [2.24, 2.45) is 5.16 Å². The van der Waals surface area contributed by atoms with Crippen LogP contribution in [0.4, 0.5) is 5.69 Å².